The van der Waals surface area contributed by atoms with Gasteiger partial charge in [0.1, 0.15) is 0 Å². The monoisotopic (exact) mass is 387 g/mol. The minimum absolute atomic E-state index is 0.249. The van der Waals surface area contributed by atoms with Gasteiger partial charge in [-0.2, -0.15) is 0 Å². The summed E-state index contributed by atoms with van der Waals surface area (Å²) >= 11 is 0. The third kappa shape index (κ3) is 3.29. The van der Waals surface area contributed by atoms with Crippen LogP contribution < -0.4 is 11.5 Å². The topological polar surface area (TPSA) is 64.4 Å². The Morgan fingerprint density at radius 1 is 0.929 bits per heavy atom. The fourth-order valence-electron chi connectivity index (χ4n) is 9.15. The summed E-state index contributed by atoms with van der Waals surface area (Å²) in [5, 5.41) is 0. The van der Waals surface area contributed by atoms with E-state index in [0.717, 1.165) is 48.5 Å². The molecule has 0 heterocycles. The van der Waals surface area contributed by atoms with E-state index >= 15 is 0 Å². The van der Waals surface area contributed by atoms with E-state index in [2.05, 4.69) is 25.8 Å². The Balaban J connectivity index is 1.50. The van der Waals surface area contributed by atoms with Gasteiger partial charge < -0.3 is 11.5 Å². The zero-order chi connectivity index (χ0) is 19.9. The molecule has 0 aromatic heterocycles. The molecule has 0 bridgehead atoms. The summed E-state index contributed by atoms with van der Waals surface area (Å²) in [6.07, 6.45) is 17.4. The lowest BCUT2D eigenvalue weighted by atomic mass is 9.42. The second kappa shape index (κ2) is 7.84. The zero-order valence-corrected chi connectivity index (χ0v) is 18.8. The lowest BCUT2D eigenvalue weighted by Gasteiger charge is -2.62. The van der Waals surface area contributed by atoms with Crippen molar-refractivity contribution >= 4 is 5.96 Å². The fraction of sp³-hybridized carbons (Fsp3) is 0.960. The molecule has 0 aromatic carbocycles. The third-order valence-electron chi connectivity index (χ3n) is 10.5. The van der Waals surface area contributed by atoms with Crippen LogP contribution in [0, 0.1) is 46.3 Å². The molecule has 0 amide bonds. The Hall–Kier alpha value is -0.730. The van der Waals surface area contributed by atoms with Crippen LogP contribution in [0.5, 0.6) is 0 Å². The molecular weight excluding hydrogens is 342 g/mol. The molecule has 6 unspecified atom stereocenters. The normalized spacial score (nSPS) is 47.7. The Morgan fingerprint density at radius 2 is 1.71 bits per heavy atom. The van der Waals surface area contributed by atoms with Gasteiger partial charge >= 0.3 is 0 Å². The first-order valence-electron chi connectivity index (χ1n) is 12.5. The maximum absolute atomic E-state index is 5.51. The Morgan fingerprint density at radius 3 is 2.46 bits per heavy atom. The third-order valence-corrected chi connectivity index (χ3v) is 10.5. The molecule has 4 fully saturated rings. The van der Waals surface area contributed by atoms with Crippen molar-refractivity contribution in [2.45, 2.75) is 97.8 Å². The van der Waals surface area contributed by atoms with Gasteiger partial charge in [0.25, 0.3) is 0 Å². The predicted octanol–water partition coefficient (Wildman–Crippen LogP) is 5.73. The van der Waals surface area contributed by atoms with Gasteiger partial charge in [0, 0.05) is 6.54 Å². The van der Waals surface area contributed by atoms with E-state index in [0.29, 0.717) is 10.8 Å². The molecule has 0 radical (unpaired) electrons. The van der Waals surface area contributed by atoms with Gasteiger partial charge in [-0.05, 0) is 104 Å². The number of aliphatic imine (C=N–C) groups is 1. The van der Waals surface area contributed by atoms with Crippen LogP contribution >= 0.6 is 0 Å². The highest BCUT2D eigenvalue weighted by atomic mass is 15.0. The second-order valence-electron chi connectivity index (χ2n) is 11.4. The van der Waals surface area contributed by atoms with E-state index in [9.17, 15) is 0 Å². The van der Waals surface area contributed by atoms with Crippen molar-refractivity contribution in [3.05, 3.63) is 0 Å². The smallest absolute Gasteiger partial charge is 0.185 e. The standard InChI is InChI=1S/C25H45N3/c1-4-17-16-19-21-11-10-18(8-7-15-28-23(26)27)24(21,2)14-12-22(19)25(3)13-6-5-9-20(17)25/h17-22H,4-16H2,1-3H3,(H4,26,27,28)/t17-,18?,19?,20?,21?,22-,24?,25?/m0/s1. The van der Waals surface area contributed by atoms with Crippen LogP contribution in [0.25, 0.3) is 0 Å². The summed E-state index contributed by atoms with van der Waals surface area (Å²) in [6, 6.07) is 0. The predicted molar refractivity (Wildman–Crippen MR) is 119 cm³/mol. The van der Waals surface area contributed by atoms with Crippen LogP contribution in [-0.4, -0.2) is 12.5 Å². The van der Waals surface area contributed by atoms with Gasteiger partial charge in [0.05, 0.1) is 0 Å². The zero-order valence-electron chi connectivity index (χ0n) is 18.8. The molecule has 4 rings (SSSR count). The summed E-state index contributed by atoms with van der Waals surface area (Å²) in [4.78, 5) is 4.23. The minimum atomic E-state index is 0.249. The van der Waals surface area contributed by atoms with Crippen LogP contribution in [0.2, 0.25) is 0 Å². The summed E-state index contributed by atoms with van der Waals surface area (Å²) < 4.78 is 0. The van der Waals surface area contributed by atoms with E-state index in [1.54, 1.807) is 6.42 Å². The van der Waals surface area contributed by atoms with Crippen molar-refractivity contribution in [2.75, 3.05) is 6.54 Å². The lowest BCUT2D eigenvalue weighted by Crippen LogP contribution is -2.55. The molecule has 4 aliphatic rings. The first-order chi connectivity index (χ1) is 13.4. The molecule has 3 heteroatoms. The number of hydrogen-bond acceptors (Lipinski definition) is 1. The maximum atomic E-state index is 5.51. The molecule has 3 nitrogen and oxygen atoms in total. The van der Waals surface area contributed by atoms with Crippen molar-refractivity contribution in [2.24, 2.45) is 62.8 Å². The fourth-order valence-corrected chi connectivity index (χ4v) is 9.15. The highest BCUT2D eigenvalue weighted by Crippen LogP contribution is 2.69. The molecule has 4 aliphatic carbocycles. The molecule has 8 atom stereocenters. The van der Waals surface area contributed by atoms with Crippen molar-refractivity contribution in [1.82, 2.24) is 0 Å². The largest absolute Gasteiger partial charge is 0.370 e. The Labute approximate surface area is 173 Å². The van der Waals surface area contributed by atoms with E-state index in [1.807, 2.05) is 0 Å². The number of nitrogens with two attached hydrogens (primary N) is 2. The average molecular weight is 388 g/mol. The maximum Gasteiger partial charge on any atom is 0.185 e. The van der Waals surface area contributed by atoms with Crippen molar-refractivity contribution < 1.29 is 0 Å². The van der Waals surface area contributed by atoms with Crippen LogP contribution in [0.15, 0.2) is 4.99 Å². The van der Waals surface area contributed by atoms with Crippen molar-refractivity contribution in [1.29, 1.82) is 0 Å². The summed E-state index contributed by atoms with van der Waals surface area (Å²) in [5.74, 6) is 6.16. The number of hydrogen-bond donors (Lipinski definition) is 2. The van der Waals surface area contributed by atoms with Gasteiger partial charge in [-0.15, -0.1) is 0 Å². The SMILES string of the molecule is CC[C@H]1CC2C3CCC(CCCN=C(N)N)C3(C)CC[C@@H]2C2(C)CCCCC12. The summed E-state index contributed by atoms with van der Waals surface area (Å²) in [5.41, 5.74) is 12.2. The number of rotatable bonds is 5. The Kier molecular flexibility index (Phi) is 5.75. The molecule has 0 spiro atoms. The summed E-state index contributed by atoms with van der Waals surface area (Å²) in [6.45, 7) is 8.68. The van der Waals surface area contributed by atoms with Gasteiger partial charge in [0.15, 0.2) is 5.96 Å². The van der Waals surface area contributed by atoms with E-state index < -0.39 is 0 Å². The average Bonchev–Trinajstić information content (AvgIpc) is 3.00. The van der Waals surface area contributed by atoms with Crippen LogP contribution in [0.1, 0.15) is 97.8 Å². The molecule has 0 aromatic rings. The van der Waals surface area contributed by atoms with Crippen LogP contribution in [0.4, 0.5) is 0 Å². The van der Waals surface area contributed by atoms with Gasteiger partial charge in [-0.3, -0.25) is 4.99 Å². The van der Waals surface area contributed by atoms with Crippen LogP contribution in [0.3, 0.4) is 0 Å². The molecule has 160 valence electrons. The highest BCUT2D eigenvalue weighted by Gasteiger charge is 2.60. The number of fused-ring (bicyclic) bond motifs is 5. The van der Waals surface area contributed by atoms with Crippen molar-refractivity contribution in [3.63, 3.8) is 0 Å². The quantitative estimate of drug-likeness (QED) is 0.360. The van der Waals surface area contributed by atoms with E-state index in [-0.39, 0.29) is 5.96 Å². The minimum Gasteiger partial charge on any atom is -0.370 e. The van der Waals surface area contributed by atoms with Gasteiger partial charge in [-0.1, -0.05) is 40.0 Å². The first kappa shape index (κ1) is 20.5. The summed E-state index contributed by atoms with van der Waals surface area (Å²) in [7, 11) is 0. The van der Waals surface area contributed by atoms with E-state index in [1.165, 1.54) is 64.2 Å². The van der Waals surface area contributed by atoms with Crippen LogP contribution in [-0.2, 0) is 0 Å². The number of guanidine groups is 1. The molecule has 4 saturated carbocycles. The number of nitrogens with zero attached hydrogens (tertiary/aromatic N) is 1. The molecule has 28 heavy (non-hydrogen) atoms. The van der Waals surface area contributed by atoms with Gasteiger partial charge in [-0.25, -0.2) is 0 Å². The molecule has 0 aliphatic heterocycles. The van der Waals surface area contributed by atoms with Gasteiger partial charge in [0.2, 0.25) is 0 Å². The molecule has 4 N–H and O–H groups in total. The van der Waals surface area contributed by atoms with Crippen molar-refractivity contribution in [3.8, 4) is 0 Å². The Bertz CT molecular complexity index is 582. The molecule has 0 saturated heterocycles. The van der Waals surface area contributed by atoms with E-state index in [4.69, 9.17) is 11.5 Å². The highest BCUT2D eigenvalue weighted by molar-refractivity contribution is 5.75. The lowest BCUT2D eigenvalue weighted by molar-refractivity contribution is -0.135. The first-order valence-corrected chi connectivity index (χ1v) is 12.5. The second-order valence-corrected chi connectivity index (χ2v) is 11.4. The molecular formula is C25H45N3.